The van der Waals surface area contributed by atoms with Gasteiger partial charge in [0.1, 0.15) is 6.61 Å². The number of methoxy groups -OCH3 is 1. The van der Waals surface area contributed by atoms with Crippen LogP contribution in [0.4, 0.5) is 0 Å². The van der Waals surface area contributed by atoms with Gasteiger partial charge >= 0.3 is 0 Å². The zero-order chi connectivity index (χ0) is 12.0. The monoisotopic (exact) mass is 240 g/mol. The molecule has 4 nitrogen and oxygen atoms in total. The Morgan fingerprint density at radius 3 is 2.81 bits per heavy atom. The highest BCUT2D eigenvalue weighted by Gasteiger charge is 2.03. The number of thiocarbonyl (C=S) groups is 1. The summed E-state index contributed by atoms with van der Waals surface area (Å²) in [6, 6.07) is 5.78. The maximum Gasteiger partial charge on any atom is 0.163 e. The highest BCUT2D eigenvalue weighted by Crippen LogP contribution is 2.27. The van der Waals surface area contributed by atoms with Gasteiger partial charge in [0.25, 0.3) is 0 Å². The van der Waals surface area contributed by atoms with Gasteiger partial charge in [0.2, 0.25) is 0 Å². The van der Waals surface area contributed by atoms with Crippen LogP contribution in [0.15, 0.2) is 18.2 Å². The number of benzene rings is 1. The fourth-order valence-corrected chi connectivity index (χ4v) is 1.33. The van der Waals surface area contributed by atoms with Crippen molar-refractivity contribution in [3.8, 4) is 11.5 Å². The zero-order valence-electron chi connectivity index (χ0n) is 9.45. The Morgan fingerprint density at radius 1 is 1.44 bits per heavy atom. The number of nitrogens with two attached hydrogens (primary N) is 1. The predicted molar refractivity (Wildman–Crippen MR) is 68.0 cm³/mol. The van der Waals surface area contributed by atoms with Crippen LogP contribution >= 0.6 is 12.2 Å². The SMILES string of the molecule is COc1cc(C)ccc1OCCNC(N)=S. The van der Waals surface area contributed by atoms with Gasteiger partial charge in [-0.05, 0) is 36.8 Å². The molecule has 16 heavy (non-hydrogen) atoms. The van der Waals surface area contributed by atoms with Crippen molar-refractivity contribution in [1.82, 2.24) is 5.32 Å². The lowest BCUT2D eigenvalue weighted by Crippen LogP contribution is -2.32. The van der Waals surface area contributed by atoms with Crippen LogP contribution in [-0.2, 0) is 0 Å². The summed E-state index contributed by atoms with van der Waals surface area (Å²) in [7, 11) is 1.62. The van der Waals surface area contributed by atoms with Crippen LogP contribution in [0.25, 0.3) is 0 Å². The molecule has 0 radical (unpaired) electrons. The van der Waals surface area contributed by atoms with Crippen molar-refractivity contribution < 1.29 is 9.47 Å². The molecule has 0 aliphatic carbocycles. The van der Waals surface area contributed by atoms with Crippen molar-refractivity contribution in [2.75, 3.05) is 20.3 Å². The molecule has 1 aromatic rings. The summed E-state index contributed by atoms with van der Waals surface area (Å²) < 4.78 is 10.7. The summed E-state index contributed by atoms with van der Waals surface area (Å²) >= 11 is 4.68. The smallest absolute Gasteiger partial charge is 0.163 e. The molecule has 0 aliphatic rings. The van der Waals surface area contributed by atoms with Crippen molar-refractivity contribution in [2.24, 2.45) is 5.73 Å². The van der Waals surface area contributed by atoms with E-state index < -0.39 is 0 Å². The first kappa shape index (κ1) is 12.6. The van der Waals surface area contributed by atoms with Gasteiger partial charge < -0.3 is 20.5 Å². The minimum atomic E-state index is 0.277. The lowest BCUT2D eigenvalue weighted by Gasteiger charge is -2.11. The van der Waals surface area contributed by atoms with E-state index in [9.17, 15) is 0 Å². The van der Waals surface area contributed by atoms with Crippen LogP contribution in [0.2, 0.25) is 0 Å². The molecule has 5 heteroatoms. The second kappa shape index (κ2) is 6.17. The second-order valence-electron chi connectivity index (χ2n) is 3.29. The van der Waals surface area contributed by atoms with Gasteiger partial charge in [-0.2, -0.15) is 0 Å². The molecule has 1 aromatic carbocycles. The number of rotatable bonds is 5. The second-order valence-corrected chi connectivity index (χ2v) is 3.73. The lowest BCUT2D eigenvalue weighted by molar-refractivity contribution is 0.298. The van der Waals surface area contributed by atoms with Crippen LogP contribution in [0.3, 0.4) is 0 Å². The molecular formula is C11H16N2O2S. The number of ether oxygens (including phenoxy) is 2. The number of nitrogens with one attached hydrogen (secondary N) is 1. The summed E-state index contributed by atoms with van der Waals surface area (Å²) in [6.07, 6.45) is 0. The van der Waals surface area contributed by atoms with Crippen LogP contribution in [-0.4, -0.2) is 25.4 Å². The van der Waals surface area contributed by atoms with Crippen molar-refractivity contribution >= 4 is 17.3 Å². The largest absolute Gasteiger partial charge is 0.493 e. The first-order valence-corrected chi connectivity index (χ1v) is 5.35. The Hall–Kier alpha value is -1.49. The molecule has 0 atom stereocenters. The van der Waals surface area contributed by atoms with Gasteiger partial charge in [-0.1, -0.05) is 6.07 Å². The first-order chi connectivity index (χ1) is 7.63. The summed E-state index contributed by atoms with van der Waals surface area (Å²) in [4.78, 5) is 0. The summed E-state index contributed by atoms with van der Waals surface area (Å²) in [5, 5.41) is 3.09. The van der Waals surface area contributed by atoms with E-state index in [1.807, 2.05) is 25.1 Å². The molecule has 0 aliphatic heterocycles. The van der Waals surface area contributed by atoms with Crippen LogP contribution in [0, 0.1) is 6.92 Å². The topological polar surface area (TPSA) is 56.5 Å². The standard InChI is InChI=1S/C11H16N2O2S/c1-8-3-4-9(10(7-8)14-2)15-6-5-13-11(12)16/h3-4,7H,5-6H2,1-2H3,(H3,12,13,16). The van der Waals surface area contributed by atoms with Gasteiger partial charge in [0.15, 0.2) is 16.6 Å². The van der Waals surface area contributed by atoms with Gasteiger partial charge in [-0.15, -0.1) is 0 Å². The molecule has 0 saturated heterocycles. The molecule has 0 heterocycles. The van der Waals surface area contributed by atoms with Crippen molar-refractivity contribution in [2.45, 2.75) is 6.92 Å². The third-order valence-electron chi connectivity index (χ3n) is 1.98. The van der Waals surface area contributed by atoms with E-state index in [4.69, 9.17) is 15.2 Å². The van der Waals surface area contributed by atoms with E-state index in [2.05, 4.69) is 17.5 Å². The fraction of sp³-hybridized carbons (Fsp3) is 0.364. The van der Waals surface area contributed by atoms with E-state index in [1.54, 1.807) is 7.11 Å². The lowest BCUT2D eigenvalue weighted by atomic mass is 10.2. The number of hydrogen-bond acceptors (Lipinski definition) is 3. The molecule has 0 amide bonds. The molecule has 0 aromatic heterocycles. The highest BCUT2D eigenvalue weighted by atomic mass is 32.1. The average molecular weight is 240 g/mol. The average Bonchev–Trinajstić information content (AvgIpc) is 2.25. The Kier molecular flexibility index (Phi) is 4.85. The van der Waals surface area contributed by atoms with Crippen LogP contribution in [0.5, 0.6) is 11.5 Å². The van der Waals surface area contributed by atoms with E-state index in [0.29, 0.717) is 13.2 Å². The maximum absolute atomic E-state index is 5.53. The third-order valence-corrected chi connectivity index (χ3v) is 2.12. The molecule has 0 bridgehead atoms. The Bertz CT molecular complexity index is 369. The molecule has 0 unspecified atom stereocenters. The Labute approximate surface area is 101 Å². The quantitative estimate of drug-likeness (QED) is 0.598. The van der Waals surface area contributed by atoms with Crippen LogP contribution < -0.4 is 20.5 Å². The molecule has 3 N–H and O–H groups in total. The van der Waals surface area contributed by atoms with Crippen molar-refractivity contribution in [3.63, 3.8) is 0 Å². The highest BCUT2D eigenvalue weighted by molar-refractivity contribution is 7.80. The van der Waals surface area contributed by atoms with Crippen molar-refractivity contribution in [1.29, 1.82) is 0 Å². The van der Waals surface area contributed by atoms with E-state index in [-0.39, 0.29) is 5.11 Å². The van der Waals surface area contributed by atoms with Gasteiger partial charge in [0, 0.05) is 0 Å². The third kappa shape index (κ3) is 3.94. The van der Waals surface area contributed by atoms with Crippen LogP contribution in [0.1, 0.15) is 5.56 Å². The maximum atomic E-state index is 5.53. The first-order valence-electron chi connectivity index (χ1n) is 4.94. The van der Waals surface area contributed by atoms with Gasteiger partial charge in [-0.25, -0.2) is 0 Å². The van der Waals surface area contributed by atoms with E-state index >= 15 is 0 Å². The van der Waals surface area contributed by atoms with Gasteiger partial charge in [-0.3, -0.25) is 0 Å². The molecule has 0 saturated carbocycles. The molecule has 88 valence electrons. The zero-order valence-corrected chi connectivity index (χ0v) is 10.3. The minimum absolute atomic E-state index is 0.277. The van der Waals surface area contributed by atoms with E-state index in [0.717, 1.165) is 17.1 Å². The molecule has 1 rings (SSSR count). The molecule has 0 spiro atoms. The minimum Gasteiger partial charge on any atom is -0.493 e. The van der Waals surface area contributed by atoms with E-state index in [1.165, 1.54) is 0 Å². The Balaban J connectivity index is 2.50. The predicted octanol–water partition coefficient (Wildman–Crippen LogP) is 1.22. The Morgan fingerprint density at radius 2 is 2.19 bits per heavy atom. The van der Waals surface area contributed by atoms with Gasteiger partial charge in [0.05, 0.1) is 13.7 Å². The number of hydrogen-bond donors (Lipinski definition) is 2. The number of aryl methyl sites for hydroxylation is 1. The summed E-state index contributed by atoms with van der Waals surface area (Å²) in [5.74, 6) is 1.45. The fourth-order valence-electron chi connectivity index (χ4n) is 1.23. The molecular weight excluding hydrogens is 224 g/mol. The van der Waals surface area contributed by atoms with Crippen molar-refractivity contribution in [3.05, 3.63) is 23.8 Å². The molecule has 0 fully saturated rings. The normalized spacial score (nSPS) is 9.62. The summed E-state index contributed by atoms with van der Waals surface area (Å²) in [6.45, 7) is 3.06. The summed E-state index contributed by atoms with van der Waals surface area (Å²) in [5.41, 5.74) is 6.42.